The quantitative estimate of drug-likeness (QED) is 0.367. The average Bonchev–Trinajstić information content (AvgIpc) is 3.08. The molecule has 0 nitrogen and oxygen atoms in total. The molecule has 0 fully saturated rings. The molecule has 0 saturated heterocycles. The van der Waals surface area contributed by atoms with E-state index in [9.17, 15) is 0 Å². The zero-order valence-corrected chi connectivity index (χ0v) is 18.0. The summed E-state index contributed by atoms with van der Waals surface area (Å²) in [5.41, 5.74) is 2.82. The van der Waals surface area contributed by atoms with Gasteiger partial charge in [0.1, 0.15) is 0 Å². The summed E-state index contributed by atoms with van der Waals surface area (Å²) >= 11 is -3.24. The fourth-order valence-corrected chi connectivity index (χ4v) is 9.38. The summed E-state index contributed by atoms with van der Waals surface area (Å²) in [6.07, 6.45) is 21.0. The summed E-state index contributed by atoms with van der Waals surface area (Å²) in [5, 5.41) is 0. The molecular formula is C20H30Cl2Ti. The van der Waals surface area contributed by atoms with Crippen molar-refractivity contribution in [1.29, 1.82) is 0 Å². The van der Waals surface area contributed by atoms with Crippen molar-refractivity contribution in [3.63, 3.8) is 0 Å². The van der Waals surface area contributed by atoms with E-state index in [-0.39, 0.29) is 7.44 Å². The summed E-state index contributed by atoms with van der Waals surface area (Å²) in [5.74, 6) is 0. The summed E-state index contributed by atoms with van der Waals surface area (Å²) in [6.45, 7) is 8.94. The predicted octanol–water partition coefficient (Wildman–Crippen LogP) is 8.18. The first-order valence-corrected chi connectivity index (χ1v) is 14.8. The Morgan fingerprint density at radius 3 is 1.57 bits per heavy atom. The second-order valence-electron chi connectivity index (χ2n) is 7.45. The van der Waals surface area contributed by atoms with Gasteiger partial charge in [0.25, 0.3) is 0 Å². The van der Waals surface area contributed by atoms with Gasteiger partial charge in [-0.05, 0) is 0 Å². The number of hydrogen-bond donors (Lipinski definition) is 0. The van der Waals surface area contributed by atoms with Gasteiger partial charge >= 0.3 is 154 Å². The number of rotatable bonds is 8. The Morgan fingerprint density at radius 2 is 1.22 bits per heavy atom. The molecule has 0 heterocycles. The molecule has 3 heteroatoms. The van der Waals surface area contributed by atoms with E-state index in [4.69, 9.17) is 18.6 Å². The fraction of sp³-hybridized carbons (Fsp3) is 0.600. The monoisotopic (exact) mass is 388 g/mol. The van der Waals surface area contributed by atoms with Crippen LogP contribution >= 0.6 is 18.6 Å². The molecule has 2 rings (SSSR count). The van der Waals surface area contributed by atoms with Gasteiger partial charge in [0, 0.05) is 0 Å². The van der Waals surface area contributed by atoms with Crippen molar-refractivity contribution >= 4 is 18.6 Å². The third-order valence-corrected chi connectivity index (χ3v) is 17.2. The number of allylic oxidation sites excluding steroid dienone is 8. The van der Waals surface area contributed by atoms with Crippen LogP contribution in [0.1, 0.15) is 66.2 Å². The molecule has 2 unspecified atom stereocenters. The van der Waals surface area contributed by atoms with Crippen LogP contribution < -0.4 is 0 Å². The van der Waals surface area contributed by atoms with Gasteiger partial charge in [-0.3, -0.25) is 0 Å². The van der Waals surface area contributed by atoms with E-state index in [1.54, 1.807) is 0 Å². The summed E-state index contributed by atoms with van der Waals surface area (Å²) in [4.78, 5) is 0. The maximum absolute atomic E-state index is 7.19. The summed E-state index contributed by atoms with van der Waals surface area (Å²) < 4.78 is -0.302. The molecule has 0 saturated carbocycles. The van der Waals surface area contributed by atoms with Crippen LogP contribution in [0.25, 0.3) is 0 Å². The van der Waals surface area contributed by atoms with Gasteiger partial charge in [0.2, 0.25) is 0 Å². The van der Waals surface area contributed by atoms with Crippen molar-refractivity contribution in [1.82, 2.24) is 0 Å². The van der Waals surface area contributed by atoms with Gasteiger partial charge in [-0.1, -0.05) is 0 Å². The van der Waals surface area contributed by atoms with Crippen molar-refractivity contribution < 1.29 is 14.5 Å². The van der Waals surface area contributed by atoms with Crippen molar-refractivity contribution in [2.24, 2.45) is 0 Å². The molecule has 128 valence electrons. The zero-order valence-electron chi connectivity index (χ0n) is 15.0. The minimum atomic E-state index is -3.24. The molecule has 0 N–H and O–H groups in total. The first-order chi connectivity index (χ1) is 10.8. The van der Waals surface area contributed by atoms with E-state index >= 15 is 0 Å². The van der Waals surface area contributed by atoms with Gasteiger partial charge in [-0.2, -0.15) is 0 Å². The van der Waals surface area contributed by atoms with E-state index < -0.39 is 14.5 Å². The van der Waals surface area contributed by atoms with Crippen LogP contribution in [0.3, 0.4) is 0 Å². The van der Waals surface area contributed by atoms with Crippen molar-refractivity contribution in [2.75, 3.05) is 0 Å². The molecule has 23 heavy (non-hydrogen) atoms. The van der Waals surface area contributed by atoms with E-state index in [1.807, 2.05) is 0 Å². The standard InChI is InChI=1S/2C10H15.2ClH.Ti/c2*1-3-4-5-10-7-6-9(2)8-10;;;/h2*6-8H,3-5H2,1-2H3;2*1H;/q;;;;+2/p-2. The van der Waals surface area contributed by atoms with E-state index in [0.29, 0.717) is 0 Å². The molecule has 2 atom stereocenters. The van der Waals surface area contributed by atoms with E-state index in [2.05, 4.69) is 64.2 Å². The molecule has 2 aliphatic rings. The Balaban J connectivity index is 2.22. The van der Waals surface area contributed by atoms with Crippen LogP contribution in [0.5, 0.6) is 0 Å². The predicted molar refractivity (Wildman–Crippen MR) is 102 cm³/mol. The fourth-order valence-electron chi connectivity index (χ4n) is 3.57. The molecule has 0 bridgehead atoms. The number of halogens is 2. The van der Waals surface area contributed by atoms with Crippen LogP contribution in [-0.2, 0) is 14.5 Å². The van der Waals surface area contributed by atoms with E-state index in [0.717, 1.165) is 12.8 Å². The van der Waals surface area contributed by atoms with Crippen molar-refractivity contribution in [2.45, 2.75) is 73.7 Å². The first-order valence-electron chi connectivity index (χ1n) is 8.98. The summed E-state index contributed by atoms with van der Waals surface area (Å²) in [6, 6.07) is 0. The first kappa shape index (κ1) is 19.6. The molecule has 0 aromatic carbocycles. The van der Waals surface area contributed by atoms with Crippen molar-refractivity contribution in [3.8, 4) is 0 Å². The molecule has 0 aromatic heterocycles. The van der Waals surface area contributed by atoms with Gasteiger partial charge in [0.05, 0.1) is 0 Å². The molecule has 0 aromatic rings. The van der Waals surface area contributed by atoms with Crippen LogP contribution in [0.2, 0.25) is 7.44 Å². The molecule has 0 spiro atoms. The topological polar surface area (TPSA) is 0 Å². The summed E-state index contributed by atoms with van der Waals surface area (Å²) in [7, 11) is 14.4. The Hall–Kier alpha value is 0.254. The van der Waals surface area contributed by atoms with Crippen LogP contribution in [0.15, 0.2) is 47.6 Å². The Kier molecular flexibility index (Phi) is 6.51. The molecule has 0 amide bonds. The molecule has 2 aliphatic carbocycles. The normalized spacial score (nSPS) is 30.0. The van der Waals surface area contributed by atoms with Crippen LogP contribution in [0.4, 0.5) is 0 Å². The minimum absolute atomic E-state index is 0.151. The third kappa shape index (κ3) is 3.92. The second-order valence-corrected chi connectivity index (χ2v) is 18.1. The average molecular weight is 389 g/mol. The van der Waals surface area contributed by atoms with Gasteiger partial charge in [0.15, 0.2) is 0 Å². The van der Waals surface area contributed by atoms with Gasteiger partial charge in [-0.15, -0.1) is 0 Å². The van der Waals surface area contributed by atoms with Gasteiger partial charge < -0.3 is 0 Å². The zero-order chi connectivity index (χ0) is 17.1. The third-order valence-electron chi connectivity index (χ3n) is 5.25. The molecular weight excluding hydrogens is 359 g/mol. The molecule has 0 aliphatic heterocycles. The van der Waals surface area contributed by atoms with Crippen LogP contribution in [0, 0.1) is 0 Å². The second kappa shape index (κ2) is 7.65. The number of unbranched alkanes of at least 4 members (excludes halogenated alkanes) is 2. The Morgan fingerprint density at radius 1 is 0.826 bits per heavy atom. The molecule has 0 radical (unpaired) electrons. The van der Waals surface area contributed by atoms with Gasteiger partial charge in [-0.25, -0.2) is 0 Å². The maximum atomic E-state index is 7.19. The number of hydrogen-bond acceptors (Lipinski definition) is 0. The van der Waals surface area contributed by atoms with Crippen molar-refractivity contribution in [3.05, 3.63) is 47.6 Å². The Labute approximate surface area is 153 Å². The Bertz CT molecular complexity index is 508. The SMILES string of the molecule is CCCCC1=C[C](C)([Ti]([Cl])([Cl])[C]2(C)C=CC(CCCC)=C2)C=C1. The van der Waals surface area contributed by atoms with E-state index in [1.165, 1.54) is 36.8 Å². The van der Waals surface area contributed by atoms with Crippen LogP contribution in [-0.4, -0.2) is 0 Å².